The van der Waals surface area contributed by atoms with Crippen molar-refractivity contribution in [3.05, 3.63) is 37.1 Å². The van der Waals surface area contributed by atoms with Crippen LogP contribution >= 0.6 is 0 Å². The van der Waals surface area contributed by atoms with E-state index in [9.17, 15) is 0 Å². The lowest BCUT2D eigenvalue weighted by molar-refractivity contribution is 0.720. The molecule has 0 heterocycles. The lowest BCUT2D eigenvalue weighted by Gasteiger charge is -2.04. The Morgan fingerprint density at radius 1 is 1.55 bits per heavy atom. The number of nitrogens with one attached hydrogen (secondary N) is 1. The average molecular weight is 153 g/mol. The van der Waals surface area contributed by atoms with Gasteiger partial charge >= 0.3 is 0 Å². The topological polar surface area (TPSA) is 12.0 Å². The second-order valence-electron chi connectivity index (χ2n) is 2.34. The molecule has 1 N–H and O–H groups in total. The highest BCUT2D eigenvalue weighted by atomic mass is 14.9. The van der Waals surface area contributed by atoms with Gasteiger partial charge in [-0.15, -0.1) is 0 Å². The van der Waals surface area contributed by atoms with Gasteiger partial charge in [-0.3, -0.25) is 0 Å². The molecule has 0 aromatic rings. The molecule has 1 heteroatoms. The third-order valence-corrected chi connectivity index (χ3v) is 1.38. The minimum absolute atomic E-state index is 0. The first-order valence-corrected chi connectivity index (χ1v) is 4.04. The molecule has 0 fully saturated rings. The standard InChI is InChI=1S/C10H17N.H2/c1-4-7-9-11-10(6-3)8-5-2;/h5-6,8,11H,2-4,7,9H2,1H3;1H/b10-8+;. The van der Waals surface area contributed by atoms with Crippen LogP contribution in [0.1, 0.15) is 21.2 Å². The van der Waals surface area contributed by atoms with Crippen molar-refractivity contribution < 1.29 is 1.43 Å². The van der Waals surface area contributed by atoms with Crippen LogP contribution in [0, 0.1) is 0 Å². The Bertz CT molecular complexity index is 150. The van der Waals surface area contributed by atoms with Crippen molar-refractivity contribution in [2.45, 2.75) is 19.8 Å². The predicted molar refractivity (Wildman–Crippen MR) is 53.5 cm³/mol. The zero-order valence-electron chi connectivity index (χ0n) is 7.27. The Hall–Kier alpha value is -0.980. The fourth-order valence-electron chi connectivity index (χ4n) is 0.736. The van der Waals surface area contributed by atoms with E-state index in [1.165, 1.54) is 12.8 Å². The number of hydrogen-bond acceptors (Lipinski definition) is 1. The average Bonchev–Trinajstić information content (AvgIpc) is 2.03. The summed E-state index contributed by atoms with van der Waals surface area (Å²) in [7, 11) is 0. The smallest absolute Gasteiger partial charge is 0.0333 e. The Kier molecular flexibility index (Phi) is 6.50. The highest BCUT2D eigenvalue weighted by Crippen LogP contribution is 1.91. The van der Waals surface area contributed by atoms with Gasteiger partial charge in [0.1, 0.15) is 0 Å². The van der Waals surface area contributed by atoms with Crippen LogP contribution in [0.15, 0.2) is 37.1 Å². The molecule has 64 valence electrons. The van der Waals surface area contributed by atoms with Gasteiger partial charge in [0.25, 0.3) is 0 Å². The van der Waals surface area contributed by atoms with Gasteiger partial charge in [0.2, 0.25) is 0 Å². The SMILES string of the molecule is C=C/C=C(\C=C)NCCCC.[HH]. The predicted octanol–water partition coefficient (Wildman–Crippen LogP) is 2.88. The van der Waals surface area contributed by atoms with Gasteiger partial charge in [-0.1, -0.05) is 32.6 Å². The van der Waals surface area contributed by atoms with E-state index in [-0.39, 0.29) is 1.43 Å². The van der Waals surface area contributed by atoms with Crippen molar-refractivity contribution in [3.8, 4) is 0 Å². The van der Waals surface area contributed by atoms with Gasteiger partial charge in [-0.05, 0) is 18.6 Å². The third kappa shape index (κ3) is 5.46. The zero-order chi connectivity index (χ0) is 8.53. The summed E-state index contributed by atoms with van der Waals surface area (Å²) in [6.45, 7) is 10.5. The minimum atomic E-state index is 0. The molecule has 1 nitrogen and oxygen atoms in total. The molecule has 0 saturated carbocycles. The number of unbranched alkanes of at least 4 members (excludes halogenated alkanes) is 1. The van der Waals surface area contributed by atoms with E-state index >= 15 is 0 Å². The van der Waals surface area contributed by atoms with Gasteiger partial charge in [0.15, 0.2) is 0 Å². The summed E-state index contributed by atoms with van der Waals surface area (Å²) in [5, 5.41) is 3.24. The zero-order valence-corrected chi connectivity index (χ0v) is 7.27. The lowest BCUT2D eigenvalue weighted by atomic mass is 10.3. The maximum Gasteiger partial charge on any atom is 0.0333 e. The van der Waals surface area contributed by atoms with E-state index in [1.54, 1.807) is 12.2 Å². The summed E-state index contributed by atoms with van der Waals surface area (Å²) in [5.74, 6) is 0. The molecule has 0 aliphatic heterocycles. The Morgan fingerprint density at radius 3 is 2.73 bits per heavy atom. The summed E-state index contributed by atoms with van der Waals surface area (Å²) in [6.07, 6.45) is 7.89. The van der Waals surface area contributed by atoms with Crippen molar-refractivity contribution >= 4 is 0 Å². The molecule has 0 rings (SSSR count). The van der Waals surface area contributed by atoms with Crippen LogP contribution < -0.4 is 5.32 Å². The van der Waals surface area contributed by atoms with Gasteiger partial charge in [0, 0.05) is 13.7 Å². The maximum atomic E-state index is 3.68. The minimum Gasteiger partial charge on any atom is -0.385 e. The molecule has 11 heavy (non-hydrogen) atoms. The fourth-order valence-corrected chi connectivity index (χ4v) is 0.736. The van der Waals surface area contributed by atoms with E-state index < -0.39 is 0 Å². The van der Waals surface area contributed by atoms with Crippen molar-refractivity contribution in [2.75, 3.05) is 6.54 Å². The number of allylic oxidation sites excluding steroid dienone is 3. The van der Waals surface area contributed by atoms with Crippen molar-refractivity contribution in [3.63, 3.8) is 0 Å². The van der Waals surface area contributed by atoms with Gasteiger partial charge in [-0.2, -0.15) is 0 Å². The lowest BCUT2D eigenvalue weighted by Crippen LogP contribution is -2.12. The molecule has 0 aromatic heterocycles. The molecule has 0 atom stereocenters. The van der Waals surface area contributed by atoms with Crippen LogP contribution in [-0.4, -0.2) is 6.54 Å². The second-order valence-corrected chi connectivity index (χ2v) is 2.34. The first kappa shape index (κ1) is 10.0. The van der Waals surface area contributed by atoms with Crippen LogP contribution in [0.4, 0.5) is 0 Å². The summed E-state index contributed by atoms with van der Waals surface area (Å²) in [6, 6.07) is 0. The number of rotatable bonds is 6. The summed E-state index contributed by atoms with van der Waals surface area (Å²) < 4.78 is 0. The number of hydrogen-bond donors (Lipinski definition) is 1. The quantitative estimate of drug-likeness (QED) is 0.457. The van der Waals surface area contributed by atoms with Crippen LogP contribution in [0.2, 0.25) is 0 Å². The van der Waals surface area contributed by atoms with E-state index in [4.69, 9.17) is 0 Å². The first-order chi connectivity index (χ1) is 5.35. The Morgan fingerprint density at radius 2 is 2.27 bits per heavy atom. The largest absolute Gasteiger partial charge is 0.385 e. The molecular formula is C10H19N. The van der Waals surface area contributed by atoms with Gasteiger partial charge in [0.05, 0.1) is 0 Å². The monoisotopic (exact) mass is 153 g/mol. The first-order valence-electron chi connectivity index (χ1n) is 4.04. The third-order valence-electron chi connectivity index (χ3n) is 1.38. The summed E-state index contributed by atoms with van der Waals surface area (Å²) in [5.41, 5.74) is 1.05. The molecule has 0 amide bonds. The maximum absolute atomic E-state index is 3.68. The van der Waals surface area contributed by atoms with Crippen LogP contribution in [0.5, 0.6) is 0 Å². The van der Waals surface area contributed by atoms with Crippen molar-refractivity contribution in [1.29, 1.82) is 0 Å². The molecule has 0 spiro atoms. The van der Waals surface area contributed by atoms with E-state index in [0.717, 1.165) is 12.2 Å². The summed E-state index contributed by atoms with van der Waals surface area (Å²) in [4.78, 5) is 0. The van der Waals surface area contributed by atoms with Crippen molar-refractivity contribution in [2.24, 2.45) is 0 Å². The van der Waals surface area contributed by atoms with Crippen LogP contribution in [0.3, 0.4) is 0 Å². The molecule has 0 aliphatic carbocycles. The molecule has 0 saturated heterocycles. The molecular weight excluding hydrogens is 134 g/mol. The highest BCUT2D eigenvalue weighted by molar-refractivity contribution is 5.18. The van der Waals surface area contributed by atoms with Crippen LogP contribution in [-0.2, 0) is 0 Å². The molecule has 0 unspecified atom stereocenters. The highest BCUT2D eigenvalue weighted by Gasteiger charge is 1.86. The van der Waals surface area contributed by atoms with E-state index in [1.807, 2.05) is 6.08 Å². The van der Waals surface area contributed by atoms with Crippen LogP contribution in [0.25, 0.3) is 0 Å². The molecule has 0 bridgehead atoms. The summed E-state index contributed by atoms with van der Waals surface area (Å²) >= 11 is 0. The molecule has 0 radical (unpaired) electrons. The fraction of sp³-hybridized carbons (Fsp3) is 0.400. The Labute approximate surface area is 71.0 Å². The van der Waals surface area contributed by atoms with E-state index in [2.05, 4.69) is 25.4 Å². The normalized spacial score (nSPS) is 10.8. The second kappa shape index (κ2) is 7.13. The van der Waals surface area contributed by atoms with Crippen molar-refractivity contribution in [1.82, 2.24) is 5.32 Å². The molecule has 0 aromatic carbocycles. The van der Waals surface area contributed by atoms with E-state index in [0.29, 0.717) is 0 Å². The van der Waals surface area contributed by atoms with Gasteiger partial charge < -0.3 is 5.32 Å². The van der Waals surface area contributed by atoms with Gasteiger partial charge in [-0.25, -0.2) is 0 Å². The molecule has 0 aliphatic rings. The Balaban J connectivity index is 0.